The minimum atomic E-state index is -3.65. The molecule has 3 aromatic rings. The number of alkyl halides is 2. The minimum Gasteiger partial charge on any atom is -0.493 e. The SMILES string of the molecule is CCCCOc1ccc(C(F)(F)Oc2ccc(C=CC(=O)OC(CC)Cc3c(N)cc(C(=O)O)cc3N)cc2)cc1OC. The molecule has 3 aromatic carbocycles. The Morgan fingerprint density at radius 2 is 1.67 bits per heavy atom. The summed E-state index contributed by atoms with van der Waals surface area (Å²) >= 11 is 0. The monoisotopic (exact) mass is 598 g/mol. The van der Waals surface area contributed by atoms with Crippen molar-refractivity contribution in [1.82, 2.24) is 0 Å². The maximum Gasteiger partial charge on any atom is 0.426 e. The molecule has 0 aliphatic carbocycles. The molecule has 5 N–H and O–H groups in total. The summed E-state index contributed by atoms with van der Waals surface area (Å²) in [6.07, 6.45) is 0.900. The van der Waals surface area contributed by atoms with Crippen LogP contribution in [0.2, 0.25) is 0 Å². The minimum absolute atomic E-state index is 0.0333. The van der Waals surface area contributed by atoms with E-state index in [1.165, 1.54) is 73.9 Å². The van der Waals surface area contributed by atoms with Gasteiger partial charge in [-0.1, -0.05) is 32.4 Å². The molecule has 1 atom stereocenters. The molecule has 0 aromatic heterocycles. The van der Waals surface area contributed by atoms with E-state index in [-0.39, 0.29) is 34.9 Å². The van der Waals surface area contributed by atoms with E-state index in [9.17, 15) is 18.4 Å². The highest BCUT2D eigenvalue weighted by atomic mass is 19.3. The number of methoxy groups -OCH3 is 1. The summed E-state index contributed by atoms with van der Waals surface area (Å²) in [6, 6.07) is 12.2. The van der Waals surface area contributed by atoms with Gasteiger partial charge in [-0.2, -0.15) is 8.78 Å². The van der Waals surface area contributed by atoms with Gasteiger partial charge in [-0.3, -0.25) is 0 Å². The number of hydrogen-bond acceptors (Lipinski definition) is 8. The van der Waals surface area contributed by atoms with E-state index in [0.29, 0.717) is 29.9 Å². The molecule has 9 nitrogen and oxygen atoms in total. The third-order valence-electron chi connectivity index (χ3n) is 6.53. The molecule has 0 saturated carbocycles. The van der Waals surface area contributed by atoms with E-state index < -0.39 is 29.7 Å². The Balaban J connectivity index is 1.61. The summed E-state index contributed by atoms with van der Waals surface area (Å²) in [5, 5.41) is 9.15. The maximum atomic E-state index is 14.9. The Bertz CT molecular complexity index is 1420. The number of carbonyl (C=O) groups excluding carboxylic acids is 1. The van der Waals surface area contributed by atoms with Crippen LogP contribution >= 0.6 is 0 Å². The van der Waals surface area contributed by atoms with Crippen LogP contribution in [0.1, 0.15) is 60.2 Å². The van der Waals surface area contributed by atoms with Crippen molar-refractivity contribution in [1.29, 1.82) is 0 Å². The van der Waals surface area contributed by atoms with Gasteiger partial charge in [0.2, 0.25) is 0 Å². The number of carbonyl (C=O) groups is 2. The highest BCUT2D eigenvalue weighted by Gasteiger charge is 2.35. The molecule has 0 radical (unpaired) electrons. The quantitative estimate of drug-likeness (QED) is 0.0779. The number of hydrogen-bond donors (Lipinski definition) is 3. The van der Waals surface area contributed by atoms with Crippen LogP contribution in [-0.2, 0) is 22.1 Å². The number of unbranched alkanes of at least 4 members (excludes halogenated alkanes) is 1. The van der Waals surface area contributed by atoms with Crippen LogP contribution in [0.5, 0.6) is 17.2 Å². The van der Waals surface area contributed by atoms with E-state index in [4.69, 9.17) is 35.5 Å². The number of halogens is 2. The zero-order valence-electron chi connectivity index (χ0n) is 24.3. The zero-order valence-corrected chi connectivity index (χ0v) is 24.3. The van der Waals surface area contributed by atoms with E-state index in [1.807, 2.05) is 13.8 Å². The first-order valence-electron chi connectivity index (χ1n) is 13.7. The number of anilines is 2. The number of carboxylic acids is 1. The van der Waals surface area contributed by atoms with E-state index in [1.54, 1.807) is 0 Å². The lowest BCUT2D eigenvalue weighted by atomic mass is 10.00. The van der Waals surface area contributed by atoms with Gasteiger partial charge < -0.3 is 35.5 Å². The van der Waals surface area contributed by atoms with Crippen molar-refractivity contribution in [3.05, 3.63) is 82.9 Å². The van der Waals surface area contributed by atoms with Crippen LogP contribution in [-0.4, -0.2) is 36.9 Å². The fourth-order valence-corrected chi connectivity index (χ4v) is 4.09. The van der Waals surface area contributed by atoms with Crippen molar-refractivity contribution in [2.45, 2.75) is 51.7 Å². The standard InChI is InChI=1S/C32H36F2N2O7/c1-4-6-15-41-28-13-10-22(18-29(28)40-3)32(33,34)43-24-11-7-20(8-12-24)9-14-30(37)42-23(5-2)19-25-26(35)16-21(31(38)39)17-27(25)36/h7-14,16-18,23H,4-6,15,19,35-36H2,1-3H3,(H,38,39). The average Bonchev–Trinajstić information content (AvgIpc) is 2.97. The van der Waals surface area contributed by atoms with Gasteiger partial charge >= 0.3 is 18.0 Å². The molecule has 1 unspecified atom stereocenters. The van der Waals surface area contributed by atoms with Crippen LogP contribution in [0.15, 0.2) is 60.7 Å². The van der Waals surface area contributed by atoms with Gasteiger partial charge in [0.25, 0.3) is 0 Å². The first-order valence-corrected chi connectivity index (χ1v) is 13.7. The third-order valence-corrected chi connectivity index (χ3v) is 6.53. The predicted octanol–water partition coefficient (Wildman–Crippen LogP) is 6.44. The van der Waals surface area contributed by atoms with Gasteiger partial charge in [-0.15, -0.1) is 0 Å². The lowest BCUT2D eigenvalue weighted by Gasteiger charge is -2.20. The second kappa shape index (κ2) is 14.9. The number of esters is 1. The molecule has 0 spiro atoms. The Labute approximate surface area is 249 Å². The molecular formula is C32H36F2N2O7. The van der Waals surface area contributed by atoms with E-state index >= 15 is 0 Å². The molecule has 0 amide bonds. The summed E-state index contributed by atoms with van der Waals surface area (Å²) in [5.74, 6) is -1.31. The highest BCUT2D eigenvalue weighted by molar-refractivity contribution is 5.91. The van der Waals surface area contributed by atoms with Crippen LogP contribution in [0, 0.1) is 0 Å². The van der Waals surface area contributed by atoms with Crippen LogP contribution < -0.4 is 25.7 Å². The second-order valence-electron chi connectivity index (χ2n) is 9.70. The van der Waals surface area contributed by atoms with E-state index in [2.05, 4.69) is 0 Å². The molecule has 0 saturated heterocycles. The molecule has 0 aliphatic rings. The number of nitrogen functional groups attached to an aromatic ring is 2. The van der Waals surface area contributed by atoms with Gasteiger partial charge in [0.15, 0.2) is 11.5 Å². The lowest BCUT2D eigenvalue weighted by Crippen LogP contribution is -2.22. The van der Waals surface area contributed by atoms with Gasteiger partial charge in [0.1, 0.15) is 11.9 Å². The van der Waals surface area contributed by atoms with Gasteiger partial charge in [0.05, 0.1) is 24.8 Å². The Morgan fingerprint density at radius 1 is 1.00 bits per heavy atom. The summed E-state index contributed by atoms with van der Waals surface area (Å²) in [6.45, 7) is 4.29. The largest absolute Gasteiger partial charge is 0.493 e. The summed E-state index contributed by atoms with van der Waals surface area (Å²) in [4.78, 5) is 23.7. The number of ether oxygens (including phenoxy) is 4. The Hall–Kier alpha value is -4.80. The topological polar surface area (TPSA) is 143 Å². The molecule has 3 rings (SSSR count). The molecule has 11 heteroatoms. The first kappa shape index (κ1) is 32.7. The smallest absolute Gasteiger partial charge is 0.426 e. The molecule has 0 aliphatic heterocycles. The zero-order chi connectivity index (χ0) is 31.6. The number of benzene rings is 3. The van der Waals surface area contributed by atoms with Crippen LogP contribution in [0.3, 0.4) is 0 Å². The van der Waals surface area contributed by atoms with E-state index in [0.717, 1.165) is 12.8 Å². The van der Waals surface area contributed by atoms with Crippen LogP contribution in [0.4, 0.5) is 20.2 Å². The fraction of sp³-hybridized carbons (Fsp3) is 0.312. The molecule has 0 bridgehead atoms. The number of carboxylic acid groups (broad SMARTS) is 1. The molecule has 0 fully saturated rings. The first-order chi connectivity index (χ1) is 20.5. The van der Waals surface area contributed by atoms with Crippen molar-refractivity contribution in [3.8, 4) is 17.2 Å². The summed E-state index contributed by atoms with van der Waals surface area (Å²) in [7, 11) is 1.38. The second-order valence-corrected chi connectivity index (χ2v) is 9.70. The molecular weight excluding hydrogens is 562 g/mol. The van der Waals surface area contributed by atoms with Gasteiger partial charge in [-0.25, -0.2) is 9.59 Å². The lowest BCUT2D eigenvalue weighted by molar-refractivity contribution is -0.185. The van der Waals surface area contributed by atoms with Crippen molar-refractivity contribution in [2.75, 3.05) is 25.2 Å². The van der Waals surface area contributed by atoms with Crippen molar-refractivity contribution >= 4 is 29.4 Å². The average molecular weight is 599 g/mol. The normalized spacial score (nSPS) is 12.1. The van der Waals surface area contributed by atoms with Gasteiger partial charge in [-0.05, 0) is 66.9 Å². The number of aromatic carboxylic acids is 1. The number of rotatable bonds is 15. The summed E-state index contributed by atoms with van der Waals surface area (Å²) < 4.78 is 51.2. The van der Waals surface area contributed by atoms with Crippen molar-refractivity contribution in [3.63, 3.8) is 0 Å². The summed E-state index contributed by atoms with van der Waals surface area (Å²) in [5.41, 5.74) is 13.0. The predicted molar refractivity (Wildman–Crippen MR) is 159 cm³/mol. The molecule has 230 valence electrons. The molecule has 0 heterocycles. The number of nitrogens with two attached hydrogens (primary N) is 2. The van der Waals surface area contributed by atoms with Gasteiger partial charge in [0, 0.05) is 29.4 Å². The highest BCUT2D eigenvalue weighted by Crippen LogP contribution is 2.37. The van der Waals surface area contributed by atoms with Crippen molar-refractivity contribution < 1.29 is 42.4 Å². The Kier molecular flexibility index (Phi) is 11.3. The van der Waals surface area contributed by atoms with Crippen LogP contribution in [0.25, 0.3) is 6.08 Å². The maximum absolute atomic E-state index is 14.9. The molecule has 43 heavy (non-hydrogen) atoms. The van der Waals surface area contributed by atoms with Crippen molar-refractivity contribution in [2.24, 2.45) is 0 Å². The fourth-order valence-electron chi connectivity index (χ4n) is 4.09. The third kappa shape index (κ3) is 9.09. The Morgan fingerprint density at radius 3 is 2.26 bits per heavy atom.